The second-order valence-corrected chi connectivity index (χ2v) is 3.73. The first-order chi connectivity index (χ1) is 8.20. The summed E-state index contributed by atoms with van der Waals surface area (Å²) in [5, 5.41) is 9.08. The van der Waals surface area contributed by atoms with Crippen molar-refractivity contribution in [2.24, 2.45) is 0 Å². The van der Waals surface area contributed by atoms with Crippen LogP contribution >= 0.6 is 11.6 Å². The van der Waals surface area contributed by atoms with Crippen molar-refractivity contribution in [1.29, 1.82) is 0 Å². The lowest BCUT2D eigenvalue weighted by molar-refractivity contribution is 0.276. The Balaban J connectivity index is 2.28. The summed E-state index contributed by atoms with van der Waals surface area (Å²) in [4.78, 5) is 3.86. The summed E-state index contributed by atoms with van der Waals surface area (Å²) in [5.41, 5.74) is 0.549. The molecule has 88 valence electrons. The molecule has 0 radical (unpaired) electrons. The Hall–Kier alpha value is -1.65. The van der Waals surface area contributed by atoms with Gasteiger partial charge in [-0.3, -0.25) is 4.98 Å². The number of benzene rings is 1. The number of aromatic nitrogens is 1. The molecule has 2 rings (SSSR count). The zero-order chi connectivity index (χ0) is 12.3. The van der Waals surface area contributed by atoms with Gasteiger partial charge >= 0.3 is 0 Å². The number of rotatable bonds is 3. The van der Waals surface area contributed by atoms with Crippen LogP contribution in [0, 0.1) is 5.82 Å². The van der Waals surface area contributed by atoms with Crippen LogP contribution in [-0.2, 0) is 6.61 Å². The molecule has 0 aliphatic heterocycles. The van der Waals surface area contributed by atoms with Gasteiger partial charge in [-0.1, -0.05) is 11.6 Å². The van der Waals surface area contributed by atoms with Crippen molar-refractivity contribution in [3.05, 3.63) is 53.1 Å². The molecule has 0 unspecified atom stereocenters. The Labute approximate surface area is 102 Å². The molecule has 0 amide bonds. The van der Waals surface area contributed by atoms with E-state index in [4.69, 9.17) is 21.4 Å². The van der Waals surface area contributed by atoms with Gasteiger partial charge < -0.3 is 9.84 Å². The fraction of sp³-hybridized carbons (Fsp3) is 0.0833. The van der Waals surface area contributed by atoms with E-state index in [9.17, 15) is 4.39 Å². The predicted octanol–water partition coefficient (Wildman–Crippen LogP) is 3.16. The summed E-state index contributed by atoms with van der Waals surface area (Å²) < 4.78 is 18.4. The third kappa shape index (κ3) is 2.72. The molecule has 2 aromatic rings. The van der Waals surface area contributed by atoms with Gasteiger partial charge in [0.15, 0.2) is 0 Å². The second kappa shape index (κ2) is 5.12. The van der Waals surface area contributed by atoms with Gasteiger partial charge in [0.2, 0.25) is 0 Å². The molecule has 0 saturated heterocycles. The second-order valence-electron chi connectivity index (χ2n) is 3.32. The highest BCUT2D eigenvalue weighted by atomic mass is 35.5. The average molecular weight is 254 g/mol. The molecule has 17 heavy (non-hydrogen) atoms. The highest BCUT2D eigenvalue weighted by molar-refractivity contribution is 6.30. The fourth-order valence-electron chi connectivity index (χ4n) is 1.30. The van der Waals surface area contributed by atoms with Crippen LogP contribution in [0.25, 0.3) is 0 Å². The first-order valence-corrected chi connectivity index (χ1v) is 5.25. The molecule has 3 nitrogen and oxygen atoms in total. The number of hydrogen-bond acceptors (Lipinski definition) is 3. The van der Waals surface area contributed by atoms with E-state index in [1.165, 1.54) is 24.4 Å². The van der Waals surface area contributed by atoms with E-state index in [0.29, 0.717) is 17.1 Å². The lowest BCUT2D eigenvalue weighted by Gasteiger charge is -2.09. The van der Waals surface area contributed by atoms with E-state index in [1.807, 2.05) is 0 Å². The quantitative estimate of drug-likeness (QED) is 0.914. The lowest BCUT2D eigenvalue weighted by atomic mass is 10.2. The molecule has 5 heteroatoms. The summed E-state index contributed by atoms with van der Waals surface area (Å²) in [7, 11) is 0. The Morgan fingerprint density at radius 1 is 1.35 bits per heavy atom. The minimum Gasteiger partial charge on any atom is -0.457 e. The van der Waals surface area contributed by atoms with Crippen LogP contribution < -0.4 is 4.74 Å². The molecule has 0 saturated carbocycles. The maximum absolute atomic E-state index is 12.9. The van der Waals surface area contributed by atoms with E-state index in [-0.39, 0.29) is 11.6 Å². The van der Waals surface area contributed by atoms with Crippen molar-refractivity contribution < 1.29 is 14.2 Å². The van der Waals surface area contributed by atoms with E-state index in [2.05, 4.69) is 4.98 Å². The molecule has 1 aromatic carbocycles. The van der Waals surface area contributed by atoms with Gasteiger partial charge in [0.05, 0.1) is 11.6 Å². The van der Waals surface area contributed by atoms with Crippen molar-refractivity contribution in [3.8, 4) is 11.5 Å². The van der Waals surface area contributed by atoms with Crippen molar-refractivity contribution in [2.75, 3.05) is 0 Å². The van der Waals surface area contributed by atoms with E-state index >= 15 is 0 Å². The van der Waals surface area contributed by atoms with Gasteiger partial charge in [0.25, 0.3) is 0 Å². The number of hydrogen-bond donors (Lipinski definition) is 1. The lowest BCUT2D eigenvalue weighted by Crippen LogP contribution is -1.92. The fourth-order valence-corrected chi connectivity index (χ4v) is 1.47. The predicted molar refractivity (Wildman–Crippen MR) is 61.6 cm³/mol. The summed E-state index contributed by atoms with van der Waals surface area (Å²) in [5.74, 6) is 0.360. The van der Waals surface area contributed by atoms with Gasteiger partial charge in [-0.05, 0) is 18.2 Å². The van der Waals surface area contributed by atoms with E-state index in [1.54, 1.807) is 12.3 Å². The molecule has 1 heterocycles. The van der Waals surface area contributed by atoms with Gasteiger partial charge in [-0.25, -0.2) is 4.39 Å². The average Bonchev–Trinajstić information content (AvgIpc) is 2.34. The van der Waals surface area contributed by atoms with Crippen LogP contribution in [-0.4, -0.2) is 10.1 Å². The Morgan fingerprint density at radius 3 is 2.88 bits per heavy atom. The standard InChI is InChI=1S/C12H9ClFNO2/c13-10-5-9(1-2-11(10)14)17-12-3-4-15-6-8(12)7-16/h1-6,16H,7H2. The Bertz CT molecular complexity index is 534. The van der Waals surface area contributed by atoms with Crippen molar-refractivity contribution in [1.82, 2.24) is 4.98 Å². The number of aliphatic hydroxyl groups excluding tert-OH is 1. The number of pyridine rings is 1. The van der Waals surface area contributed by atoms with Crippen LogP contribution in [0.3, 0.4) is 0 Å². The minimum atomic E-state index is -0.504. The first kappa shape index (κ1) is 11.8. The molecule has 0 spiro atoms. The van der Waals surface area contributed by atoms with Gasteiger partial charge in [-0.15, -0.1) is 0 Å². The first-order valence-electron chi connectivity index (χ1n) is 4.87. The van der Waals surface area contributed by atoms with Gasteiger partial charge in [-0.2, -0.15) is 0 Å². The topological polar surface area (TPSA) is 42.4 Å². The molecule has 1 N–H and O–H groups in total. The molecule has 0 fully saturated rings. The van der Waals surface area contributed by atoms with Crippen LogP contribution in [0.2, 0.25) is 5.02 Å². The SMILES string of the molecule is OCc1cnccc1Oc1ccc(F)c(Cl)c1. The summed E-state index contributed by atoms with van der Waals surface area (Å²) >= 11 is 5.64. The smallest absolute Gasteiger partial charge is 0.142 e. The minimum absolute atomic E-state index is 0.0119. The van der Waals surface area contributed by atoms with E-state index < -0.39 is 5.82 Å². The number of nitrogens with zero attached hydrogens (tertiary/aromatic N) is 1. The molecule has 0 atom stereocenters. The number of ether oxygens (including phenoxy) is 1. The molecule has 0 aliphatic rings. The van der Waals surface area contributed by atoms with E-state index in [0.717, 1.165) is 0 Å². The third-order valence-corrected chi connectivity index (χ3v) is 2.44. The molecule has 0 aliphatic carbocycles. The summed E-state index contributed by atoms with van der Waals surface area (Å²) in [6.45, 7) is -0.182. The Kier molecular flexibility index (Phi) is 3.56. The van der Waals surface area contributed by atoms with Crippen LogP contribution in [0.15, 0.2) is 36.7 Å². The molecular formula is C12H9ClFNO2. The third-order valence-electron chi connectivity index (χ3n) is 2.15. The summed E-state index contributed by atoms with van der Waals surface area (Å²) in [6, 6.07) is 5.67. The number of aliphatic hydroxyl groups is 1. The van der Waals surface area contributed by atoms with Crippen molar-refractivity contribution in [2.45, 2.75) is 6.61 Å². The molecular weight excluding hydrogens is 245 g/mol. The molecule has 0 bridgehead atoms. The highest BCUT2D eigenvalue weighted by Crippen LogP contribution is 2.27. The van der Waals surface area contributed by atoms with Crippen LogP contribution in [0.1, 0.15) is 5.56 Å². The van der Waals surface area contributed by atoms with Crippen LogP contribution in [0.4, 0.5) is 4.39 Å². The maximum atomic E-state index is 12.9. The zero-order valence-electron chi connectivity index (χ0n) is 8.73. The monoisotopic (exact) mass is 253 g/mol. The largest absolute Gasteiger partial charge is 0.457 e. The van der Waals surface area contributed by atoms with Crippen molar-refractivity contribution in [3.63, 3.8) is 0 Å². The van der Waals surface area contributed by atoms with Crippen molar-refractivity contribution >= 4 is 11.6 Å². The van der Waals surface area contributed by atoms with Gasteiger partial charge in [0, 0.05) is 24.0 Å². The Morgan fingerprint density at radius 2 is 2.18 bits per heavy atom. The highest BCUT2D eigenvalue weighted by Gasteiger charge is 2.06. The van der Waals surface area contributed by atoms with Gasteiger partial charge in [0.1, 0.15) is 17.3 Å². The normalized spacial score (nSPS) is 10.3. The number of halogens is 2. The van der Waals surface area contributed by atoms with Crippen LogP contribution in [0.5, 0.6) is 11.5 Å². The maximum Gasteiger partial charge on any atom is 0.142 e. The molecule has 1 aromatic heterocycles. The zero-order valence-corrected chi connectivity index (χ0v) is 9.49. The summed E-state index contributed by atoms with van der Waals surface area (Å²) in [6.07, 6.45) is 3.04.